The van der Waals surface area contributed by atoms with Gasteiger partial charge in [0.2, 0.25) is 5.91 Å². The molecule has 4 nitrogen and oxygen atoms in total. The van der Waals surface area contributed by atoms with Crippen molar-refractivity contribution in [1.29, 1.82) is 0 Å². The maximum atomic E-state index is 13.8. The van der Waals surface area contributed by atoms with Crippen LogP contribution in [0.25, 0.3) is 6.08 Å². The van der Waals surface area contributed by atoms with Gasteiger partial charge in [0.1, 0.15) is 5.54 Å². The predicted octanol–water partition coefficient (Wildman–Crippen LogP) is 4.46. The van der Waals surface area contributed by atoms with E-state index < -0.39 is 11.5 Å². The van der Waals surface area contributed by atoms with Crippen LogP contribution in [0.5, 0.6) is 0 Å². The molecule has 1 amide bonds. The zero-order valence-corrected chi connectivity index (χ0v) is 17.4. The Labute approximate surface area is 182 Å². The van der Waals surface area contributed by atoms with Crippen molar-refractivity contribution >= 4 is 23.5 Å². The number of nitrogens with one attached hydrogen (secondary N) is 1. The SMILES string of the molecule is CN1CC(c2ccccc2)C(C(=O)C=Cc2ccccc2)C12C(=O)Nc1ccccc12. The Kier molecular flexibility index (Phi) is 4.79. The normalized spacial score (nSPS) is 25.1. The first-order valence-electron chi connectivity index (χ1n) is 10.6. The van der Waals surface area contributed by atoms with Crippen molar-refractivity contribution in [3.05, 3.63) is 108 Å². The van der Waals surface area contributed by atoms with E-state index in [0.717, 1.165) is 22.4 Å². The average Bonchev–Trinajstić information content (AvgIpc) is 3.28. The molecule has 1 spiro atoms. The standard InChI is InChI=1S/C27H24N2O2/c1-29-18-21(20-12-6-3-7-13-20)25(24(30)17-16-19-10-4-2-5-11-19)27(29)22-14-8-9-15-23(22)28-26(27)31/h2-17,21,25H,18H2,1H3,(H,28,31). The Morgan fingerprint density at radius 2 is 1.61 bits per heavy atom. The Morgan fingerprint density at radius 3 is 2.35 bits per heavy atom. The van der Waals surface area contributed by atoms with Gasteiger partial charge in [0.15, 0.2) is 5.78 Å². The number of likely N-dealkylation sites (tertiary alicyclic amines) is 1. The van der Waals surface area contributed by atoms with Crippen molar-refractivity contribution in [2.24, 2.45) is 5.92 Å². The van der Waals surface area contributed by atoms with Crippen LogP contribution in [0.15, 0.2) is 91.0 Å². The molecular weight excluding hydrogens is 384 g/mol. The van der Waals surface area contributed by atoms with Crippen LogP contribution in [0.4, 0.5) is 5.69 Å². The van der Waals surface area contributed by atoms with Gasteiger partial charge < -0.3 is 5.32 Å². The average molecular weight is 409 g/mol. The van der Waals surface area contributed by atoms with Crippen LogP contribution in [0.3, 0.4) is 0 Å². The zero-order chi connectivity index (χ0) is 21.4. The lowest BCUT2D eigenvalue weighted by Gasteiger charge is -2.35. The van der Waals surface area contributed by atoms with Crippen molar-refractivity contribution in [3.8, 4) is 0 Å². The van der Waals surface area contributed by atoms with Crippen molar-refractivity contribution < 1.29 is 9.59 Å². The third-order valence-electron chi connectivity index (χ3n) is 6.63. The van der Waals surface area contributed by atoms with Crippen LogP contribution in [-0.4, -0.2) is 30.2 Å². The second-order valence-electron chi connectivity index (χ2n) is 8.29. The van der Waals surface area contributed by atoms with E-state index in [-0.39, 0.29) is 17.6 Å². The zero-order valence-electron chi connectivity index (χ0n) is 17.4. The van der Waals surface area contributed by atoms with Gasteiger partial charge in [-0.25, -0.2) is 0 Å². The topological polar surface area (TPSA) is 49.4 Å². The van der Waals surface area contributed by atoms with E-state index in [1.54, 1.807) is 6.08 Å². The second-order valence-corrected chi connectivity index (χ2v) is 8.29. The molecular formula is C27H24N2O2. The van der Waals surface area contributed by atoms with Gasteiger partial charge in [0, 0.05) is 23.7 Å². The molecule has 0 aliphatic carbocycles. The highest BCUT2D eigenvalue weighted by Gasteiger charge is 2.63. The van der Waals surface area contributed by atoms with E-state index in [0.29, 0.717) is 6.54 Å². The number of carbonyl (C=O) groups is 2. The van der Waals surface area contributed by atoms with E-state index >= 15 is 0 Å². The Bertz CT molecular complexity index is 1160. The summed E-state index contributed by atoms with van der Waals surface area (Å²) in [6.07, 6.45) is 3.49. The fraction of sp³-hybridized carbons (Fsp3) is 0.185. The summed E-state index contributed by atoms with van der Waals surface area (Å²) in [6, 6.07) is 27.6. The first-order valence-corrected chi connectivity index (χ1v) is 10.6. The largest absolute Gasteiger partial charge is 0.324 e. The molecule has 1 saturated heterocycles. The third kappa shape index (κ3) is 3.03. The summed E-state index contributed by atoms with van der Waals surface area (Å²) in [5.74, 6) is -0.769. The number of amides is 1. The molecule has 0 bridgehead atoms. The maximum Gasteiger partial charge on any atom is 0.250 e. The number of fused-ring (bicyclic) bond motifs is 2. The van der Waals surface area contributed by atoms with Gasteiger partial charge in [-0.2, -0.15) is 0 Å². The molecule has 3 atom stereocenters. The molecule has 0 aromatic heterocycles. The second kappa shape index (κ2) is 7.64. The number of anilines is 1. The number of rotatable bonds is 4. The van der Waals surface area contributed by atoms with Crippen LogP contribution in [-0.2, 0) is 15.1 Å². The van der Waals surface area contributed by atoms with Gasteiger partial charge in [-0.3, -0.25) is 14.5 Å². The quantitative estimate of drug-likeness (QED) is 0.649. The van der Waals surface area contributed by atoms with Gasteiger partial charge in [0.05, 0.1) is 5.92 Å². The molecule has 3 unspecified atom stereocenters. The number of nitrogens with zero attached hydrogens (tertiary/aromatic N) is 1. The Morgan fingerprint density at radius 1 is 0.968 bits per heavy atom. The lowest BCUT2D eigenvalue weighted by atomic mass is 9.71. The van der Waals surface area contributed by atoms with Crippen molar-refractivity contribution in [2.45, 2.75) is 11.5 Å². The van der Waals surface area contributed by atoms with Crippen LogP contribution in [0, 0.1) is 5.92 Å². The third-order valence-corrected chi connectivity index (χ3v) is 6.63. The van der Waals surface area contributed by atoms with Crippen LogP contribution < -0.4 is 5.32 Å². The van der Waals surface area contributed by atoms with Gasteiger partial charge in [-0.1, -0.05) is 84.9 Å². The summed E-state index contributed by atoms with van der Waals surface area (Å²) in [6.45, 7) is 0.626. The highest BCUT2D eigenvalue weighted by molar-refractivity contribution is 6.11. The number of likely N-dealkylation sites (N-methyl/N-ethyl adjacent to an activating group) is 1. The molecule has 3 aromatic carbocycles. The van der Waals surface area contributed by atoms with E-state index in [9.17, 15) is 9.59 Å². The highest BCUT2D eigenvalue weighted by Crippen LogP contribution is 2.54. The first kappa shape index (κ1) is 19.5. The number of ketones is 1. The number of hydrogen-bond acceptors (Lipinski definition) is 3. The van der Waals surface area contributed by atoms with Gasteiger partial charge in [-0.15, -0.1) is 0 Å². The number of hydrogen-bond donors (Lipinski definition) is 1. The van der Waals surface area contributed by atoms with E-state index in [2.05, 4.69) is 22.3 Å². The summed E-state index contributed by atoms with van der Waals surface area (Å²) in [5.41, 5.74) is 2.69. The summed E-state index contributed by atoms with van der Waals surface area (Å²) in [5, 5.41) is 3.03. The van der Waals surface area contributed by atoms with E-state index in [4.69, 9.17) is 0 Å². The number of benzene rings is 3. The fourth-order valence-corrected chi connectivity index (χ4v) is 5.27. The molecule has 1 N–H and O–H groups in total. The molecule has 5 rings (SSSR count). The fourth-order valence-electron chi connectivity index (χ4n) is 5.27. The van der Waals surface area contributed by atoms with E-state index in [1.807, 2.05) is 85.9 Å². The Hall–Kier alpha value is -3.50. The van der Waals surface area contributed by atoms with E-state index in [1.165, 1.54) is 0 Å². The monoisotopic (exact) mass is 408 g/mol. The number of carbonyl (C=O) groups excluding carboxylic acids is 2. The van der Waals surface area contributed by atoms with Crippen LogP contribution in [0.2, 0.25) is 0 Å². The summed E-state index contributed by atoms with van der Waals surface area (Å²) in [7, 11) is 1.95. The number of para-hydroxylation sites is 1. The van der Waals surface area contributed by atoms with Gasteiger partial charge in [-0.05, 0) is 30.3 Å². The summed E-state index contributed by atoms with van der Waals surface area (Å²) >= 11 is 0. The molecule has 2 heterocycles. The minimum Gasteiger partial charge on any atom is -0.324 e. The van der Waals surface area contributed by atoms with Crippen LogP contribution in [0.1, 0.15) is 22.6 Å². The van der Waals surface area contributed by atoms with Gasteiger partial charge >= 0.3 is 0 Å². The lowest BCUT2D eigenvalue weighted by Crippen LogP contribution is -2.51. The van der Waals surface area contributed by atoms with Gasteiger partial charge in [0.25, 0.3) is 0 Å². The van der Waals surface area contributed by atoms with Crippen molar-refractivity contribution in [2.75, 3.05) is 18.9 Å². The molecule has 31 heavy (non-hydrogen) atoms. The predicted molar refractivity (Wildman–Crippen MR) is 123 cm³/mol. The minimum atomic E-state index is -1.02. The molecule has 3 aromatic rings. The minimum absolute atomic E-state index is 0.0334. The first-order chi connectivity index (χ1) is 15.1. The molecule has 0 saturated carbocycles. The molecule has 2 aliphatic heterocycles. The summed E-state index contributed by atoms with van der Waals surface area (Å²) in [4.78, 5) is 29.3. The summed E-state index contributed by atoms with van der Waals surface area (Å²) < 4.78 is 0. The highest BCUT2D eigenvalue weighted by atomic mass is 16.2. The van der Waals surface area contributed by atoms with Crippen molar-refractivity contribution in [3.63, 3.8) is 0 Å². The smallest absolute Gasteiger partial charge is 0.250 e. The molecule has 1 fully saturated rings. The van der Waals surface area contributed by atoms with Crippen LogP contribution >= 0.6 is 0 Å². The lowest BCUT2D eigenvalue weighted by molar-refractivity contribution is -0.133. The molecule has 154 valence electrons. The Balaban J connectivity index is 1.64. The maximum absolute atomic E-state index is 13.8. The number of allylic oxidation sites excluding steroid dienone is 1. The van der Waals surface area contributed by atoms with Crippen molar-refractivity contribution in [1.82, 2.24) is 4.90 Å². The molecule has 4 heteroatoms. The molecule has 2 aliphatic rings. The molecule has 0 radical (unpaired) electrons.